The predicted octanol–water partition coefficient (Wildman–Crippen LogP) is 1.82. The predicted molar refractivity (Wildman–Crippen MR) is 75.0 cm³/mol. The number of nitrogens with zero attached hydrogens (tertiary/aromatic N) is 1. The second-order valence-corrected chi connectivity index (χ2v) is 4.80. The zero-order valence-electron chi connectivity index (χ0n) is 11.3. The average Bonchev–Trinajstić information content (AvgIpc) is 2.33. The van der Waals surface area contributed by atoms with Gasteiger partial charge in [0.2, 0.25) is 5.95 Å². The third kappa shape index (κ3) is 5.31. The zero-order chi connectivity index (χ0) is 13.4. The molecule has 0 aliphatic carbocycles. The van der Waals surface area contributed by atoms with Gasteiger partial charge in [-0.1, -0.05) is 26.7 Å². The van der Waals surface area contributed by atoms with Crippen LogP contribution < -0.4 is 16.6 Å². The van der Waals surface area contributed by atoms with E-state index < -0.39 is 0 Å². The number of aromatic nitrogens is 2. The first-order valence-electron chi connectivity index (χ1n) is 6.68. The molecule has 0 spiro atoms. The van der Waals surface area contributed by atoms with Gasteiger partial charge >= 0.3 is 0 Å². The fraction of sp³-hybridized carbons (Fsp3) is 0.692. The van der Waals surface area contributed by atoms with Crippen LogP contribution in [0.4, 0.5) is 5.95 Å². The van der Waals surface area contributed by atoms with Gasteiger partial charge in [0.1, 0.15) is 0 Å². The fourth-order valence-electron chi connectivity index (χ4n) is 1.69. The summed E-state index contributed by atoms with van der Waals surface area (Å²) in [6, 6.07) is 1.55. The van der Waals surface area contributed by atoms with Gasteiger partial charge in [-0.2, -0.15) is 0 Å². The Morgan fingerprint density at radius 3 is 2.72 bits per heavy atom. The molecule has 1 rings (SSSR count). The van der Waals surface area contributed by atoms with Crippen molar-refractivity contribution in [1.82, 2.24) is 9.97 Å². The molecule has 0 radical (unpaired) electrons. The summed E-state index contributed by atoms with van der Waals surface area (Å²) in [6.45, 7) is 5.64. The smallest absolute Gasteiger partial charge is 0.252 e. The van der Waals surface area contributed by atoms with Crippen LogP contribution in [0.1, 0.15) is 51.1 Å². The summed E-state index contributed by atoms with van der Waals surface area (Å²) in [5, 5.41) is 3.16. The standard InChI is InChI=1S/C13H24N4O/c1-10(2)11-9-12(18)17-13(16-11)15-8-6-4-3-5-7-14/h9-10H,3-8,14H2,1-2H3,(H2,15,16,17,18). The van der Waals surface area contributed by atoms with E-state index in [-0.39, 0.29) is 11.5 Å². The van der Waals surface area contributed by atoms with E-state index in [1.807, 2.05) is 13.8 Å². The first-order valence-corrected chi connectivity index (χ1v) is 6.68. The van der Waals surface area contributed by atoms with Crippen LogP contribution in [0.15, 0.2) is 10.9 Å². The molecule has 0 bridgehead atoms. The van der Waals surface area contributed by atoms with Crippen molar-refractivity contribution < 1.29 is 0 Å². The maximum absolute atomic E-state index is 11.4. The van der Waals surface area contributed by atoms with E-state index in [4.69, 9.17) is 5.73 Å². The number of hydrogen-bond donors (Lipinski definition) is 3. The molecule has 0 aliphatic rings. The highest BCUT2D eigenvalue weighted by Crippen LogP contribution is 2.10. The Labute approximate surface area is 108 Å². The maximum Gasteiger partial charge on any atom is 0.252 e. The summed E-state index contributed by atoms with van der Waals surface area (Å²) in [5.41, 5.74) is 6.16. The van der Waals surface area contributed by atoms with Gasteiger partial charge in [0.05, 0.1) is 5.69 Å². The normalized spacial score (nSPS) is 10.9. The van der Waals surface area contributed by atoms with Crippen molar-refractivity contribution in [1.29, 1.82) is 0 Å². The molecule has 1 aromatic heterocycles. The molecule has 0 fully saturated rings. The number of nitrogens with one attached hydrogen (secondary N) is 2. The second kappa shape index (κ2) is 7.87. The van der Waals surface area contributed by atoms with Crippen molar-refractivity contribution in [2.75, 3.05) is 18.4 Å². The van der Waals surface area contributed by atoms with Gasteiger partial charge in [0.25, 0.3) is 5.56 Å². The van der Waals surface area contributed by atoms with E-state index in [0.717, 1.165) is 44.5 Å². The van der Waals surface area contributed by atoms with E-state index in [0.29, 0.717) is 5.95 Å². The van der Waals surface area contributed by atoms with Crippen LogP contribution in [0.3, 0.4) is 0 Å². The number of nitrogens with two attached hydrogens (primary N) is 1. The molecular weight excluding hydrogens is 228 g/mol. The third-order valence-electron chi connectivity index (χ3n) is 2.78. The van der Waals surface area contributed by atoms with Crippen LogP contribution >= 0.6 is 0 Å². The van der Waals surface area contributed by atoms with E-state index in [1.54, 1.807) is 6.07 Å². The summed E-state index contributed by atoms with van der Waals surface area (Å²) < 4.78 is 0. The quantitative estimate of drug-likeness (QED) is 0.616. The SMILES string of the molecule is CC(C)c1cc(=O)[nH]c(NCCCCCCN)n1. The first-order chi connectivity index (χ1) is 8.63. The van der Waals surface area contributed by atoms with Crippen molar-refractivity contribution in [2.24, 2.45) is 5.73 Å². The molecule has 0 aromatic carbocycles. The van der Waals surface area contributed by atoms with Crippen molar-refractivity contribution in [3.63, 3.8) is 0 Å². The number of hydrogen-bond acceptors (Lipinski definition) is 4. The largest absolute Gasteiger partial charge is 0.356 e. The molecule has 1 heterocycles. The molecule has 0 amide bonds. The van der Waals surface area contributed by atoms with Gasteiger partial charge in [-0.15, -0.1) is 0 Å². The molecule has 102 valence electrons. The van der Waals surface area contributed by atoms with E-state index >= 15 is 0 Å². The van der Waals surface area contributed by atoms with Crippen LogP contribution in [0.25, 0.3) is 0 Å². The highest BCUT2D eigenvalue weighted by atomic mass is 16.1. The van der Waals surface area contributed by atoms with Crippen molar-refractivity contribution in [3.8, 4) is 0 Å². The highest BCUT2D eigenvalue weighted by Gasteiger charge is 2.04. The molecule has 4 N–H and O–H groups in total. The van der Waals surface area contributed by atoms with Crippen molar-refractivity contribution in [3.05, 3.63) is 22.1 Å². The summed E-state index contributed by atoms with van der Waals surface area (Å²) in [6.07, 6.45) is 4.46. The minimum atomic E-state index is -0.0978. The topological polar surface area (TPSA) is 83.8 Å². The monoisotopic (exact) mass is 252 g/mol. The van der Waals surface area contributed by atoms with Crippen LogP contribution in [0.2, 0.25) is 0 Å². The van der Waals surface area contributed by atoms with Crippen molar-refractivity contribution in [2.45, 2.75) is 45.4 Å². The minimum Gasteiger partial charge on any atom is -0.356 e. The summed E-state index contributed by atoms with van der Waals surface area (Å²) in [7, 11) is 0. The Kier molecular flexibility index (Phi) is 6.43. The second-order valence-electron chi connectivity index (χ2n) is 4.80. The maximum atomic E-state index is 11.4. The Bertz CT molecular complexity index is 400. The Morgan fingerprint density at radius 1 is 1.33 bits per heavy atom. The fourth-order valence-corrected chi connectivity index (χ4v) is 1.69. The molecular formula is C13H24N4O. The number of aromatic amines is 1. The lowest BCUT2D eigenvalue weighted by Gasteiger charge is -2.08. The zero-order valence-corrected chi connectivity index (χ0v) is 11.3. The molecule has 0 unspecified atom stereocenters. The summed E-state index contributed by atoms with van der Waals surface area (Å²) in [4.78, 5) is 18.5. The van der Waals surface area contributed by atoms with Crippen molar-refractivity contribution >= 4 is 5.95 Å². The Hall–Kier alpha value is -1.36. The first kappa shape index (κ1) is 14.7. The Morgan fingerprint density at radius 2 is 2.06 bits per heavy atom. The van der Waals surface area contributed by atoms with Gasteiger partial charge in [0, 0.05) is 12.6 Å². The third-order valence-corrected chi connectivity index (χ3v) is 2.78. The van der Waals surface area contributed by atoms with Crippen LogP contribution in [0.5, 0.6) is 0 Å². The molecule has 0 saturated carbocycles. The number of anilines is 1. The van der Waals surface area contributed by atoms with Crippen LogP contribution in [0, 0.1) is 0 Å². The number of H-pyrrole nitrogens is 1. The molecule has 0 saturated heterocycles. The molecule has 5 heteroatoms. The van der Waals surface area contributed by atoms with Gasteiger partial charge in [0.15, 0.2) is 0 Å². The highest BCUT2D eigenvalue weighted by molar-refractivity contribution is 5.25. The van der Waals surface area contributed by atoms with E-state index in [1.165, 1.54) is 0 Å². The van der Waals surface area contributed by atoms with Gasteiger partial charge in [-0.3, -0.25) is 9.78 Å². The lowest BCUT2D eigenvalue weighted by atomic mass is 10.1. The average molecular weight is 252 g/mol. The summed E-state index contributed by atoms with van der Waals surface area (Å²) >= 11 is 0. The molecule has 0 atom stereocenters. The lowest BCUT2D eigenvalue weighted by Crippen LogP contribution is -2.15. The molecule has 1 aromatic rings. The minimum absolute atomic E-state index is 0.0978. The molecule has 0 aliphatic heterocycles. The molecule has 5 nitrogen and oxygen atoms in total. The molecule has 18 heavy (non-hydrogen) atoms. The Balaban J connectivity index is 2.40. The van der Waals surface area contributed by atoms with Crippen LogP contribution in [-0.4, -0.2) is 23.1 Å². The van der Waals surface area contributed by atoms with Gasteiger partial charge in [-0.25, -0.2) is 4.98 Å². The van der Waals surface area contributed by atoms with E-state index in [2.05, 4.69) is 15.3 Å². The van der Waals surface area contributed by atoms with Crippen LogP contribution in [-0.2, 0) is 0 Å². The summed E-state index contributed by atoms with van der Waals surface area (Å²) in [5.74, 6) is 0.836. The number of rotatable bonds is 8. The van der Waals surface area contributed by atoms with E-state index in [9.17, 15) is 4.79 Å². The number of unbranched alkanes of at least 4 members (excludes halogenated alkanes) is 3. The lowest BCUT2D eigenvalue weighted by molar-refractivity contribution is 0.659. The van der Waals surface area contributed by atoms with Gasteiger partial charge < -0.3 is 11.1 Å². The van der Waals surface area contributed by atoms with Gasteiger partial charge in [-0.05, 0) is 25.3 Å².